The van der Waals surface area contributed by atoms with E-state index >= 15 is 0 Å². The van der Waals surface area contributed by atoms with Gasteiger partial charge in [0.2, 0.25) is 0 Å². The third-order valence-electron chi connectivity index (χ3n) is 3.62. The first-order valence-corrected chi connectivity index (χ1v) is 7.06. The molecule has 0 radical (unpaired) electrons. The first kappa shape index (κ1) is 15.2. The van der Waals surface area contributed by atoms with Gasteiger partial charge in [0.15, 0.2) is 5.60 Å². The standard InChI is InChI=1S/C15H26O3/c1-4-5-6-7-8-9-10-11-13(2)15(12-18-15)14(16)17-3/h10-11,13H,4-9,12H2,1-3H3/b11-10-. The summed E-state index contributed by atoms with van der Waals surface area (Å²) in [5, 5.41) is 0. The molecule has 0 spiro atoms. The van der Waals surface area contributed by atoms with Gasteiger partial charge in [-0.2, -0.15) is 0 Å². The van der Waals surface area contributed by atoms with Crippen molar-refractivity contribution >= 4 is 5.97 Å². The molecule has 0 aromatic carbocycles. The van der Waals surface area contributed by atoms with Crippen LogP contribution in [0.4, 0.5) is 0 Å². The summed E-state index contributed by atoms with van der Waals surface area (Å²) in [4.78, 5) is 11.6. The Morgan fingerprint density at radius 3 is 2.61 bits per heavy atom. The number of ether oxygens (including phenoxy) is 2. The Balaban J connectivity index is 2.20. The second-order valence-electron chi connectivity index (χ2n) is 5.09. The molecule has 18 heavy (non-hydrogen) atoms. The zero-order valence-corrected chi connectivity index (χ0v) is 11.9. The van der Waals surface area contributed by atoms with Gasteiger partial charge in [-0.1, -0.05) is 51.7 Å². The summed E-state index contributed by atoms with van der Waals surface area (Å²) < 4.78 is 10.1. The van der Waals surface area contributed by atoms with Gasteiger partial charge >= 0.3 is 5.97 Å². The monoisotopic (exact) mass is 254 g/mol. The van der Waals surface area contributed by atoms with Crippen molar-refractivity contribution in [1.29, 1.82) is 0 Å². The van der Waals surface area contributed by atoms with Crippen molar-refractivity contribution in [2.24, 2.45) is 5.92 Å². The highest BCUT2D eigenvalue weighted by molar-refractivity contribution is 5.83. The minimum absolute atomic E-state index is 0.0978. The van der Waals surface area contributed by atoms with E-state index in [2.05, 4.69) is 19.1 Å². The lowest BCUT2D eigenvalue weighted by Crippen LogP contribution is -2.32. The Morgan fingerprint density at radius 2 is 2.06 bits per heavy atom. The van der Waals surface area contributed by atoms with Gasteiger partial charge < -0.3 is 9.47 Å². The van der Waals surface area contributed by atoms with Crippen LogP contribution in [0.5, 0.6) is 0 Å². The number of carbonyl (C=O) groups excluding carboxylic acids is 1. The number of hydrogen-bond donors (Lipinski definition) is 0. The molecule has 0 aliphatic carbocycles. The van der Waals surface area contributed by atoms with Gasteiger partial charge in [0.05, 0.1) is 13.7 Å². The molecule has 0 bridgehead atoms. The maximum absolute atomic E-state index is 11.6. The van der Waals surface area contributed by atoms with Crippen LogP contribution in [0, 0.1) is 5.92 Å². The molecule has 0 amide bonds. The highest BCUT2D eigenvalue weighted by Gasteiger charge is 2.56. The number of rotatable bonds is 9. The summed E-state index contributed by atoms with van der Waals surface area (Å²) in [6, 6.07) is 0. The molecule has 1 heterocycles. The maximum Gasteiger partial charge on any atom is 0.341 e. The lowest BCUT2D eigenvalue weighted by Gasteiger charge is -2.13. The zero-order valence-electron chi connectivity index (χ0n) is 11.9. The molecule has 3 nitrogen and oxygen atoms in total. The second-order valence-corrected chi connectivity index (χ2v) is 5.09. The molecule has 1 fully saturated rings. The minimum Gasteiger partial charge on any atom is -0.467 e. The van der Waals surface area contributed by atoms with Crippen molar-refractivity contribution in [3.8, 4) is 0 Å². The molecule has 0 aromatic rings. The van der Waals surface area contributed by atoms with Gasteiger partial charge in [-0.15, -0.1) is 0 Å². The van der Waals surface area contributed by atoms with E-state index in [1.807, 2.05) is 6.92 Å². The van der Waals surface area contributed by atoms with E-state index in [4.69, 9.17) is 9.47 Å². The topological polar surface area (TPSA) is 38.8 Å². The van der Waals surface area contributed by atoms with Crippen LogP contribution >= 0.6 is 0 Å². The molecule has 1 aliphatic rings. The summed E-state index contributed by atoms with van der Waals surface area (Å²) >= 11 is 0. The quantitative estimate of drug-likeness (QED) is 0.274. The minimum atomic E-state index is -0.687. The van der Waals surface area contributed by atoms with Crippen molar-refractivity contribution in [2.75, 3.05) is 13.7 Å². The number of hydrogen-bond acceptors (Lipinski definition) is 3. The number of allylic oxidation sites excluding steroid dienone is 1. The summed E-state index contributed by atoms with van der Waals surface area (Å²) in [7, 11) is 1.41. The smallest absolute Gasteiger partial charge is 0.341 e. The van der Waals surface area contributed by atoms with Gasteiger partial charge in [-0.25, -0.2) is 4.79 Å². The maximum atomic E-state index is 11.6. The predicted octanol–water partition coefficient (Wildman–Crippen LogP) is 3.48. The molecule has 1 rings (SSSR count). The van der Waals surface area contributed by atoms with Gasteiger partial charge in [-0.3, -0.25) is 0 Å². The number of carbonyl (C=O) groups is 1. The average molecular weight is 254 g/mol. The third-order valence-corrected chi connectivity index (χ3v) is 3.62. The van der Waals surface area contributed by atoms with E-state index < -0.39 is 5.60 Å². The Morgan fingerprint density at radius 1 is 1.39 bits per heavy atom. The molecule has 0 aromatic heterocycles. The van der Waals surface area contributed by atoms with E-state index in [9.17, 15) is 4.79 Å². The van der Waals surface area contributed by atoms with Crippen molar-refractivity contribution in [3.63, 3.8) is 0 Å². The Labute approximate surface area is 111 Å². The van der Waals surface area contributed by atoms with Crippen molar-refractivity contribution in [1.82, 2.24) is 0 Å². The van der Waals surface area contributed by atoms with Crippen LogP contribution < -0.4 is 0 Å². The van der Waals surface area contributed by atoms with Crippen molar-refractivity contribution in [2.45, 2.75) is 58.0 Å². The van der Waals surface area contributed by atoms with E-state index in [1.54, 1.807) is 0 Å². The van der Waals surface area contributed by atoms with Gasteiger partial charge in [0.25, 0.3) is 0 Å². The van der Waals surface area contributed by atoms with Gasteiger partial charge in [-0.05, 0) is 12.8 Å². The summed E-state index contributed by atoms with van der Waals surface area (Å²) in [5.41, 5.74) is -0.687. The van der Waals surface area contributed by atoms with Crippen LogP contribution in [0.1, 0.15) is 52.4 Å². The molecular formula is C15H26O3. The third kappa shape index (κ3) is 4.13. The van der Waals surface area contributed by atoms with Gasteiger partial charge in [0.1, 0.15) is 0 Å². The van der Waals surface area contributed by atoms with Crippen LogP contribution in [0.15, 0.2) is 12.2 Å². The Kier molecular flexibility index (Phi) is 6.41. The fourth-order valence-corrected chi connectivity index (χ4v) is 2.14. The fraction of sp³-hybridized carbons (Fsp3) is 0.800. The lowest BCUT2D eigenvalue weighted by atomic mass is 9.94. The molecule has 3 heteroatoms. The van der Waals surface area contributed by atoms with Crippen LogP contribution in [0.25, 0.3) is 0 Å². The molecular weight excluding hydrogens is 228 g/mol. The van der Waals surface area contributed by atoms with Crippen molar-refractivity contribution < 1.29 is 14.3 Å². The summed E-state index contributed by atoms with van der Waals surface area (Å²) in [5.74, 6) is -0.150. The first-order chi connectivity index (χ1) is 8.67. The normalized spacial score (nSPS) is 24.2. The molecule has 1 saturated heterocycles. The van der Waals surface area contributed by atoms with Crippen LogP contribution in [-0.4, -0.2) is 25.3 Å². The zero-order chi connectivity index (χ0) is 13.4. The fourth-order valence-electron chi connectivity index (χ4n) is 2.14. The number of esters is 1. The Hall–Kier alpha value is -0.830. The number of unbranched alkanes of at least 4 members (excludes halogenated alkanes) is 5. The summed E-state index contributed by atoms with van der Waals surface area (Å²) in [6.45, 7) is 4.72. The molecule has 2 unspecified atom stereocenters. The molecule has 0 saturated carbocycles. The van der Waals surface area contributed by atoms with E-state index in [0.29, 0.717) is 6.61 Å². The molecule has 2 atom stereocenters. The van der Waals surface area contributed by atoms with Gasteiger partial charge in [0, 0.05) is 5.92 Å². The summed E-state index contributed by atoms with van der Waals surface area (Å²) in [6.07, 6.45) is 11.8. The largest absolute Gasteiger partial charge is 0.467 e. The van der Waals surface area contributed by atoms with E-state index in [0.717, 1.165) is 6.42 Å². The predicted molar refractivity (Wildman–Crippen MR) is 72.4 cm³/mol. The van der Waals surface area contributed by atoms with Crippen molar-refractivity contribution in [3.05, 3.63) is 12.2 Å². The second kappa shape index (κ2) is 7.57. The average Bonchev–Trinajstić information content (AvgIpc) is 3.18. The lowest BCUT2D eigenvalue weighted by molar-refractivity contribution is -0.148. The molecule has 0 N–H and O–H groups in total. The van der Waals surface area contributed by atoms with Crippen LogP contribution in [0.3, 0.4) is 0 Å². The molecule has 104 valence electrons. The number of epoxide rings is 1. The SMILES string of the molecule is CCCCCCC/C=C\C(C)C1(C(=O)OC)CO1. The first-order valence-electron chi connectivity index (χ1n) is 7.06. The van der Waals surface area contributed by atoms with E-state index in [-0.39, 0.29) is 11.9 Å². The highest BCUT2D eigenvalue weighted by atomic mass is 16.6. The van der Waals surface area contributed by atoms with E-state index in [1.165, 1.54) is 39.2 Å². The molecule has 1 aliphatic heterocycles. The Bertz CT molecular complexity index is 279. The van der Waals surface area contributed by atoms with Crippen LogP contribution in [0.2, 0.25) is 0 Å². The van der Waals surface area contributed by atoms with Crippen LogP contribution in [-0.2, 0) is 14.3 Å². The highest BCUT2D eigenvalue weighted by Crippen LogP contribution is 2.37. The number of methoxy groups -OCH3 is 1.